The van der Waals surface area contributed by atoms with Crippen LogP contribution in [0.25, 0.3) is 0 Å². The van der Waals surface area contributed by atoms with Gasteiger partial charge < -0.3 is 9.63 Å². The van der Waals surface area contributed by atoms with Crippen LogP contribution in [0.3, 0.4) is 0 Å². The molecule has 2 aromatic rings. The molecule has 0 unspecified atom stereocenters. The third-order valence-corrected chi connectivity index (χ3v) is 3.78. The highest BCUT2D eigenvalue weighted by Gasteiger charge is 2.35. The van der Waals surface area contributed by atoms with Crippen LogP contribution in [0, 0.1) is 24.1 Å². The van der Waals surface area contributed by atoms with Crippen LogP contribution in [0.15, 0.2) is 22.7 Å². The molecule has 2 atom stereocenters. The minimum absolute atomic E-state index is 0.201. The molecular formula is C15H15FN4O2. The second-order valence-corrected chi connectivity index (χ2v) is 5.43. The predicted octanol–water partition coefficient (Wildman–Crippen LogP) is 1.70. The number of benzene rings is 1. The van der Waals surface area contributed by atoms with Gasteiger partial charge in [0.2, 0.25) is 5.89 Å². The van der Waals surface area contributed by atoms with Crippen molar-refractivity contribution in [3.05, 3.63) is 46.9 Å². The van der Waals surface area contributed by atoms with Crippen LogP contribution in [-0.2, 0) is 6.54 Å². The zero-order chi connectivity index (χ0) is 15.7. The van der Waals surface area contributed by atoms with Crippen molar-refractivity contribution in [2.75, 3.05) is 6.54 Å². The zero-order valence-corrected chi connectivity index (χ0v) is 12.0. The van der Waals surface area contributed by atoms with Gasteiger partial charge >= 0.3 is 0 Å². The second kappa shape index (κ2) is 5.83. The van der Waals surface area contributed by atoms with E-state index < -0.39 is 11.9 Å². The normalized spacial score (nSPS) is 21.9. The lowest BCUT2D eigenvalue weighted by Crippen LogP contribution is -2.25. The number of nitrogens with zero attached hydrogens (tertiary/aromatic N) is 4. The summed E-state index contributed by atoms with van der Waals surface area (Å²) in [4.78, 5) is 6.18. The van der Waals surface area contributed by atoms with E-state index in [-0.39, 0.29) is 6.04 Å². The van der Waals surface area contributed by atoms with E-state index in [1.54, 1.807) is 13.0 Å². The number of hydrogen-bond acceptors (Lipinski definition) is 6. The second-order valence-electron chi connectivity index (χ2n) is 5.43. The standard InChI is InChI=1S/C15H15FN4O2/c1-9-18-15(22-19-9)14-5-13(21)8-20(14)7-10-2-3-12(16)4-11(10)6-17/h2-4,13-14,21H,5,7-8H2,1H3/t13-,14-/m1/s1. The predicted molar refractivity (Wildman–Crippen MR) is 73.9 cm³/mol. The van der Waals surface area contributed by atoms with Gasteiger partial charge in [-0.2, -0.15) is 10.2 Å². The Labute approximate surface area is 126 Å². The van der Waals surface area contributed by atoms with Crippen molar-refractivity contribution in [2.45, 2.75) is 32.0 Å². The van der Waals surface area contributed by atoms with Gasteiger partial charge in [0.25, 0.3) is 0 Å². The van der Waals surface area contributed by atoms with E-state index in [4.69, 9.17) is 9.78 Å². The molecular weight excluding hydrogens is 287 g/mol. The van der Waals surface area contributed by atoms with Crippen LogP contribution in [0.4, 0.5) is 4.39 Å². The smallest absolute Gasteiger partial charge is 0.244 e. The molecule has 1 aliphatic heterocycles. The Bertz CT molecular complexity index is 725. The van der Waals surface area contributed by atoms with Crippen molar-refractivity contribution in [1.29, 1.82) is 5.26 Å². The Morgan fingerprint density at radius 1 is 1.55 bits per heavy atom. The van der Waals surface area contributed by atoms with E-state index in [0.29, 0.717) is 42.4 Å². The van der Waals surface area contributed by atoms with E-state index >= 15 is 0 Å². The highest BCUT2D eigenvalue weighted by molar-refractivity contribution is 5.38. The first kappa shape index (κ1) is 14.6. The van der Waals surface area contributed by atoms with Crippen LogP contribution < -0.4 is 0 Å². The minimum Gasteiger partial charge on any atom is -0.392 e. The largest absolute Gasteiger partial charge is 0.392 e. The number of halogens is 1. The molecule has 1 aromatic heterocycles. The molecule has 1 fully saturated rings. The number of likely N-dealkylation sites (tertiary alicyclic amines) is 1. The van der Waals surface area contributed by atoms with Crippen LogP contribution >= 0.6 is 0 Å². The molecule has 114 valence electrons. The van der Waals surface area contributed by atoms with Crippen molar-refractivity contribution in [1.82, 2.24) is 15.0 Å². The average Bonchev–Trinajstić information content (AvgIpc) is 3.06. The Balaban J connectivity index is 1.86. The van der Waals surface area contributed by atoms with Gasteiger partial charge in [0.1, 0.15) is 5.82 Å². The summed E-state index contributed by atoms with van der Waals surface area (Å²) < 4.78 is 18.4. The molecule has 0 amide bonds. The number of hydrogen-bond donors (Lipinski definition) is 1. The van der Waals surface area contributed by atoms with Crippen LogP contribution in [-0.4, -0.2) is 32.8 Å². The summed E-state index contributed by atoms with van der Waals surface area (Å²) in [5, 5.41) is 22.8. The number of rotatable bonds is 3. The number of aryl methyl sites for hydroxylation is 1. The van der Waals surface area contributed by atoms with Gasteiger partial charge in [-0.1, -0.05) is 11.2 Å². The first-order valence-corrected chi connectivity index (χ1v) is 6.97. The van der Waals surface area contributed by atoms with Crippen molar-refractivity contribution < 1.29 is 14.0 Å². The third-order valence-electron chi connectivity index (χ3n) is 3.78. The lowest BCUT2D eigenvalue weighted by atomic mass is 10.1. The van der Waals surface area contributed by atoms with Gasteiger partial charge in [-0.05, 0) is 31.0 Å². The van der Waals surface area contributed by atoms with Crippen molar-refractivity contribution >= 4 is 0 Å². The summed E-state index contributed by atoms with van der Waals surface area (Å²) in [5.74, 6) is 0.552. The molecule has 0 bridgehead atoms. The maximum atomic E-state index is 13.2. The summed E-state index contributed by atoms with van der Waals surface area (Å²) in [7, 11) is 0. The molecule has 1 saturated heterocycles. The third kappa shape index (κ3) is 2.84. The van der Waals surface area contributed by atoms with E-state index in [2.05, 4.69) is 10.1 Å². The lowest BCUT2D eigenvalue weighted by molar-refractivity contribution is 0.169. The van der Waals surface area contributed by atoms with Gasteiger partial charge in [0.15, 0.2) is 5.82 Å². The maximum absolute atomic E-state index is 13.2. The number of aliphatic hydroxyl groups is 1. The maximum Gasteiger partial charge on any atom is 0.244 e. The SMILES string of the molecule is Cc1noc([C@H]2C[C@@H](O)CN2Cc2ccc(F)cc2C#N)n1. The molecule has 1 N–H and O–H groups in total. The van der Waals surface area contributed by atoms with Crippen LogP contribution in [0.5, 0.6) is 0 Å². The molecule has 7 heteroatoms. The summed E-state index contributed by atoms with van der Waals surface area (Å²) in [6.45, 7) is 2.58. The van der Waals surface area contributed by atoms with Gasteiger partial charge in [-0.25, -0.2) is 4.39 Å². The topological polar surface area (TPSA) is 86.2 Å². The highest BCUT2D eigenvalue weighted by Crippen LogP contribution is 2.33. The Morgan fingerprint density at radius 2 is 2.36 bits per heavy atom. The number of aliphatic hydroxyl groups excluding tert-OH is 1. The Hall–Kier alpha value is -2.30. The Morgan fingerprint density at radius 3 is 3.05 bits per heavy atom. The molecule has 1 aromatic carbocycles. The molecule has 0 aliphatic carbocycles. The summed E-state index contributed by atoms with van der Waals surface area (Å²) in [6, 6.07) is 5.93. The van der Waals surface area contributed by atoms with Crippen molar-refractivity contribution in [3.8, 4) is 6.07 Å². The van der Waals surface area contributed by atoms with Gasteiger partial charge in [-0.15, -0.1) is 0 Å². The van der Waals surface area contributed by atoms with E-state index in [9.17, 15) is 9.50 Å². The minimum atomic E-state index is -0.497. The van der Waals surface area contributed by atoms with Gasteiger partial charge in [-0.3, -0.25) is 4.90 Å². The molecule has 22 heavy (non-hydrogen) atoms. The van der Waals surface area contributed by atoms with Crippen LogP contribution in [0.2, 0.25) is 0 Å². The fourth-order valence-corrected chi connectivity index (χ4v) is 2.77. The van der Waals surface area contributed by atoms with E-state index in [1.807, 2.05) is 11.0 Å². The molecule has 0 saturated carbocycles. The fraction of sp³-hybridized carbons (Fsp3) is 0.400. The molecule has 2 heterocycles. The summed E-state index contributed by atoms with van der Waals surface area (Å²) in [6.07, 6.45) is -0.00626. The molecule has 3 rings (SSSR count). The zero-order valence-electron chi connectivity index (χ0n) is 12.0. The summed E-state index contributed by atoms with van der Waals surface area (Å²) in [5.41, 5.74) is 1.00. The first-order chi connectivity index (χ1) is 10.6. The van der Waals surface area contributed by atoms with Crippen molar-refractivity contribution in [2.24, 2.45) is 0 Å². The molecule has 0 spiro atoms. The van der Waals surface area contributed by atoms with Crippen molar-refractivity contribution in [3.63, 3.8) is 0 Å². The molecule has 6 nitrogen and oxygen atoms in total. The quantitative estimate of drug-likeness (QED) is 0.928. The van der Waals surface area contributed by atoms with E-state index in [0.717, 1.165) is 0 Å². The lowest BCUT2D eigenvalue weighted by Gasteiger charge is -2.21. The molecule has 0 radical (unpaired) electrons. The number of nitriles is 1. The number of β-amino-alcohol motifs (C(OH)–C–C–N with tert-alkyl or cyclic N) is 1. The van der Waals surface area contributed by atoms with Gasteiger partial charge in [0.05, 0.1) is 23.8 Å². The van der Waals surface area contributed by atoms with Crippen LogP contribution in [0.1, 0.15) is 35.3 Å². The Kier molecular flexibility index (Phi) is 3.88. The average molecular weight is 302 g/mol. The summed E-state index contributed by atoms with van der Waals surface area (Å²) >= 11 is 0. The molecule has 1 aliphatic rings. The fourth-order valence-electron chi connectivity index (χ4n) is 2.77. The highest BCUT2D eigenvalue weighted by atomic mass is 19.1. The monoisotopic (exact) mass is 302 g/mol. The number of aromatic nitrogens is 2. The van der Waals surface area contributed by atoms with E-state index in [1.165, 1.54) is 12.1 Å². The van der Waals surface area contributed by atoms with Gasteiger partial charge in [0, 0.05) is 13.1 Å². The first-order valence-electron chi connectivity index (χ1n) is 6.97.